The number of carbonyl (C=O) groups is 3. The van der Waals surface area contributed by atoms with Gasteiger partial charge in [0.25, 0.3) is 0 Å². The highest BCUT2D eigenvalue weighted by atomic mass is 35.5. The molecule has 150 valence electrons. The summed E-state index contributed by atoms with van der Waals surface area (Å²) < 4.78 is 5.02. The normalized spacial score (nSPS) is 11.5. The third-order valence-electron chi connectivity index (χ3n) is 3.42. The third kappa shape index (κ3) is 8.11. The highest BCUT2D eigenvalue weighted by Gasteiger charge is 2.22. The lowest BCUT2D eigenvalue weighted by Gasteiger charge is -2.24. The fourth-order valence-corrected chi connectivity index (χ4v) is 2.87. The second-order valence-corrected chi connectivity index (χ2v) is 6.50. The standard InChI is InChI=1S/C16H19Cl3N2O6/c17-5-7-21(8-6-18)13-3-1-10(9-11(13)19)27-16(26)20-12(15(24)25)2-4-14(22)23/h1,3,9,12H,2,4-8H2,(H,20,26)(H,22,23)(H,24,25)/t12-/m0/s1. The molecule has 0 spiro atoms. The molecule has 0 radical (unpaired) electrons. The predicted octanol–water partition coefficient (Wildman–Crippen LogP) is 3.03. The Labute approximate surface area is 170 Å². The van der Waals surface area contributed by atoms with Gasteiger partial charge >= 0.3 is 18.0 Å². The van der Waals surface area contributed by atoms with Gasteiger partial charge in [-0.2, -0.15) is 0 Å². The van der Waals surface area contributed by atoms with Gasteiger partial charge in [0, 0.05) is 37.3 Å². The lowest BCUT2D eigenvalue weighted by molar-refractivity contribution is -0.140. The maximum absolute atomic E-state index is 11.9. The van der Waals surface area contributed by atoms with Gasteiger partial charge in [0.1, 0.15) is 11.8 Å². The molecular formula is C16H19Cl3N2O6. The number of carboxylic acid groups (broad SMARTS) is 2. The van der Waals surface area contributed by atoms with Crippen molar-refractivity contribution in [3.05, 3.63) is 23.2 Å². The van der Waals surface area contributed by atoms with Crippen LogP contribution in [0.5, 0.6) is 5.75 Å². The van der Waals surface area contributed by atoms with Crippen LogP contribution in [0.2, 0.25) is 5.02 Å². The van der Waals surface area contributed by atoms with E-state index < -0.39 is 30.5 Å². The number of nitrogens with one attached hydrogen (secondary N) is 1. The number of hydrogen-bond donors (Lipinski definition) is 3. The number of rotatable bonds is 11. The quantitative estimate of drug-likeness (QED) is 0.452. The van der Waals surface area contributed by atoms with Crippen LogP contribution < -0.4 is 15.0 Å². The van der Waals surface area contributed by atoms with Gasteiger partial charge in [-0.3, -0.25) is 4.79 Å². The first kappa shape index (κ1) is 23.1. The van der Waals surface area contributed by atoms with Crippen LogP contribution in [-0.2, 0) is 9.59 Å². The Morgan fingerprint density at radius 3 is 2.26 bits per heavy atom. The minimum atomic E-state index is -1.38. The summed E-state index contributed by atoms with van der Waals surface area (Å²) in [6, 6.07) is 3.14. The van der Waals surface area contributed by atoms with E-state index >= 15 is 0 Å². The van der Waals surface area contributed by atoms with Crippen molar-refractivity contribution >= 4 is 58.5 Å². The van der Waals surface area contributed by atoms with E-state index in [0.717, 1.165) is 0 Å². The average Bonchev–Trinajstić information content (AvgIpc) is 2.58. The topological polar surface area (TPSA) is 116 Å². The first-order valence-corrected chi connectivity index (χ1v) is 9.32. The van der Waals surface area contributed by atoms with Crippen molar-refractivity contribution in [1.82, 2.24) is 5.32 Å². The van der Waals surface area contributed by atoms with Crippen molar-refractivity contribution in [2.75, 3.05) is 29.7 Å². The smallest absolute Gasteiger partial charge is 0.413 e. The molecule has 8 nitrogen and oxygen atoms in total. The summed E-state index contributed by atoms with van der Waals surface area (Å²) in [6.45, 7) is 1.05. The number of aliphatic carboxylic acids is 2. The molecule has 0 heterocycles. The van der Waals surface area contributed by atoms with Crippen molar-refractivity contribution in [2.24, 2.45) is 0 Å². The van der Waals surface area contributed by atoms with Crippen molar-refractivity contribution < 1.29 is 29.3 Å². The molecule has 1 amide bonds. The van der Waals surface area contributed by atoms with Gasteiger partial charge in [-0.25, -0.2) is 9.59 Å². The van der Waals surface area contributed by atoms with E-state index in [1.54, 1.807) is 6.07 Å². The van der Waals surface area contributed by atoms with Gasteiger partial charge in [0.2, 0.25) is 0 Å². The van der Waals surface area contributed by atoms with E-state index in [0.29, 0.717) is 35.6 Å². The number of halogens is 3. The summed E-state index contributed by atoms with van der Waals surface area (Å²) in [5.41, 5.74) is 0.663. The number of carboxylic acids is 2. The molecule has 1 aromatic rings. The summed E-state index contributed by atoms with van der Waals surface area (Å²) in [6.07, 6.45) is -1.71. The van der Waals surface area contributed by atoms with E-state index in [1.165, 1.54) is 12.1 Å². The summed E-state index contributed by atoms with van der Waals surface area (Å²) in [5, 5.41) is 20.1. The van der Waals surface area contributed by atoms with E-state index in [2.05, 4.69) is 5.32 Å². The molecule has 0 saturated carbocycles. The number of nitrogens with zero attached hydrogens (tertiary/aromatic N) is 1. The molecule has 0 bridgehead atoms. The monoisotopic (exact) mass is 440 g/mol. The van der Waals surface area contributed by atoms with Gasteiger partial charge in [-0.15, -0.1) is 23.2 Å². The Morgan fingerprint density at radius 1 is 1.15 bits per heavy atom. The van der Waals surface area contributed by atoms with Gasteiger partial charge in [0.15, 0.2) is 0 Å². The zero-order valence-electron chi connectivity index (χ0n) is 14.2. The minimum absolute atomic E-state index is 0.0975. The second-order valence-electron chi connectivity index (χ2n) is 5.34. The highest BCUT2D eigenvalue weighted by Crippen LogP contribution is 2.30. The molecule has 1 rings (SSSR count). The van der Waals surface area contributed by atoms with Crippen LogP contribution >= 0.6 is 34.8 Å². The molecule has 1 aromatic carbocycles. The van der Waals surface area contributed by atoms with Gasteiger partial charge in [-0.1, -0.05) is 11.6 Å². The summed E-state index contributed by atoms with van der Waals surface area (Å²) >= 11 is 17.7. The zero-order chi connectivity index (χ0) is 20.4. The summed E-state index contributed by atoms with van der Waals surface area (Å²) in [5.74, 6) is -1.68. The Kier molecular flexibility index (Phi) is 10.1. The number of carbonyl (C=O) groups excluding carboxylic acids is 1. The van der Waals surface area contributed by atoms with Crippen LogP contribution in [0, 0.1) is 0 Å². The lowest BCUT2D eigenvalue weighted by Crippen LogP contribution is -2.42. The maximum Gasteiger partial charge on any atom is 0.413 e. The number of alkyl halides is 2. The molecule has 0 aliphatic rings. The lowest BCUT2D eigenvalue weighted by atomic mass is 10.1. The van der Waals surface area contributed by atoms with Crippen LogP contribution in [-0.4, -0.2) is 59.1 Å². The van der Waals surface area contributed by atoms with Crippen molar-refractivity contribution in [3.8, 4) is 5.75 Å². The number of anilines is 1. The molecule has 0 aliphatic heterocycles. The fraction of sp³-hybridized carbons (Fsp3) is 0.438. The highest BCUT2D eigenvalue weighted by molar-refractivity contribution is 6.33. The Bertz CT molecular complexity index is 668. The number of hydrogen-bond acceptors (Lipinski definition) is 5. The number of benzene rings is 1. The Hall–Kier alpha value is -1.90. The van der Waals surface area contributed by atoms with E-state index in [9.17, 15) is 14.4 Å². The number of ether oxygens (including phenoxy) is 1. The molecular weight excluding hydrogens is 423 g/mol. The average molecular weight is 442 g/mol. The molecule has 0 fully saturated rings. The van der Waals surface area contributed by atoms with Crippen molar-refractivity contribution in [2.45, 2.75) is 18.9 Å². The van der Waals surface area contributed by atoms with Crippen LogP contribution in [0.3, 0.4) is 0 Å². The van der Waals surface area contributed by atoms with Crippen molar-refractivity contribution in [3.63, 3.8) is 0 Å². The van der Waals surface area contributed by atoms with Gasteiger partial charge < -0.3 is 25.2 Å². The summed E-state index contributed by atoms with van der Waals surface area (Å²) in [4.78, 5) is 35.4. The third-order valence-corrected chi connectivity index (χ3v) is 4.06. The summed E-state index contributed by atoms with van der Waals surface area (Å²) in [7, 11) is 0. The molecule has 27 heavy (non-hydrogen) atoms. The number of amides is 1. The largest absolute Gasteiger partial charge is 0.481 e. The Balaban J connectivity index is 2.77. The molecule has 0 saturated heterocycles. The maximum atomic E-state index is 11.9. The fourth-order valence-electron chi connectivity index (χ4n) is 2.17. The first-order valence-electron chi connectivity index (χ1n) is 7.87. The molecule has 3 N–H and O–H groups in total. The molecule has 1 atom stereocenters. The molecule has 0 aliphatic carbocycles. The molecule has 0 aromatic heterocycles. The van der Waals surface area contributed by atoms with Gasteiger partial charge in [-0.05, 0) is 18.6 Å². The zero-order valence-corrected chi connectivity index (χ0v) is 16.4. The first-order chi connectivity index (χ1) is 12.8. The van der Waals surface area contributed by atoms with E-state index in [1.807, 2.05) is 4.90 Å². The molecule has 11 heteroatoms. The van der Waals surface area contributed by atoms with Crippen LogP contribution in [0.15, 0.2) is 18.2 Å². The van der Waals surface area contributed by atoms with Crippen LogP contribution in [0.25, 0.3) is 0 Å². The second kappa shape index (κ2) is 11.7. The van der Waals surface area contributed by atoms with E-state index in [4.69, 9.17) is 49.8 Å². The molecule has 0 unspecified atom stereocenters. The van der Waals surface area contributed by atoms with Crippen LogP contribution in [0.4, 0.5) is 10.5 Å². The minimum Gasteiger partial charge on any atom is -0.481 e. The van der Waals surface area contributed by atoms with Gasteiger partial charge in [0.05, 0.1) is 10.7 Å². The Morgan fingerprint density at radius 2 is 1.78 bits per heavy atom. The van der Waals surface area contributed by atoms with Crippen LogP contribution in [0.1, 0.15) is 12.8 Å². The van der Waals surface area contributed by atoms with E-state index in [-0.39, 0.29) is 12.2 Å². The van der Waals surface area contributed by atoms with Crippen molar-refractivity contribution in [1.29, 1.82) is 0 Å². The predicted molar refractivity (Wildman–Crippen MR) is 103 cm³/mol. The SMILES string of the molecule is O=C(O)CC[C@H](NC(=O)Oc1ccc(N(CCCl)CCCl)c(Cl)c1)C(=O)O.